The summed E-state index contributed by atoms with van der Waals surface area (Å²) in [5, 5.41) is 9.14. The smallest absolute Gasteiger partial charge is 0.304 e. The van der Waals surface area contributed by atoms with E-state index in [0.29, 0.717) is 12.0 Å². The van der Waals surface area contributed by atoms with Crippen LogP contribution in [0.4, 0.5) is 5.69 Å². The summed E-state index contributed by atoms with van der Waals surface area (Å²) in [4.78, 5) is 16.2. The summed E-state index contributed by atoms with van der Waals surface area (Å²) in [6.07, 6.45) is 2.41. The van der Waals surface area contributed by atoms with Crippen LogP contribution in [0.25, 0.3) is 0 Å². The van der Waals surface area contributed by atoms with Gasteiger partial charge in [-0.05, 0) is 80.2 Å². The van der Waals surface area contributed by atoms with Crippen LogP contribution in [0.3, 0.4) is 0 Å². The first-order valence-electron chi connectivity index (χ1n) is 13.8. The predicted octanol–water partition coefficient (Wildman–Crippen LogP) is 6.14. The molecule has 39 heavy (non-hydrogen) atoms. The van der Waals surface area contributed by atoms with Crippen molar-refractivity contribution in [3.8, 4) is 17.6 Å². The first-order valence-corrected chi connectivity index (χ1v) is 13.8. The molecule has 2 aliphatic rings. The molecule has 1 saturated heterocycles. The lowest BCUT2D eigenvalue weighted by atomic mass is 9.74. The van der Waals surface area contributed by atoms with Gasteiger partial charge < -0.3 is 14.7 Å². The second kappa shape index (κ2) is 11.6. The largest absolute Gasteiger partial charge is 0.489 e. The van der Waals surface area contributed by atoms with Crippen LogP contribution in [0.2, 0.25) is 0 Å². The monoisotopic (exact) mass is 522 g/mol. The second-order valence-corrected chi connectivity index (χ2v) is 11.2. The van der Waals surface area contributed by atoms with Crippen LogP contribution in [0.1, 0.15) is 59.9 Å². The maximum Gasteiger partial charge on any atom is 0.304 e. The van der Waals surface area contributed by atoms with Crippen LogP contribution >= 0.6 is 0 Å². The van der Waals surface area contributed by atoms with Crippen molar-refractivity contribution in [2.24, 2.45) is 0 Å². The molecule has 0 aliphatic carbocycles. The summed E-state index contributed by atoms with van der Waals surface area (Å²) >= 11 is 0. The highest BCUT2D eigenvalue weighted by molar-refractivity contribution is 5.69. The van der Waals surface area contributed by atoms with Crippen LogP contribution in [0, 0.1) is 18.8 Å². The van der Waals surface area contributed by atoms with Crippen LogP contribution in [0.5, 0.6) is 5.75 Å². The van der Waals surface area contributed by atoms with Crippen LogP contribution < -0.4 is 9.64 Å². The number of aliphatic carboxylic acids is 1. The molecule has 2 heterocycles. The molecule has 5 nitrogen and oxygen atoms in total. The van der Waals surface area contributed by atoms with Crippen molar-refractivity contribution in [1.29, 1.82) is 0 Å². The van der Waals surface area contributed by atoms with E-state index in [0.717, 1.165) is 43.1 Å². The summed E-state index contributed by atoms with van der Waals surface area (Å²) in [6.45, 7) is 8.79. The number of aryl methyl sites for hydroxylation is 1. The van der Waals surface area contributed by atoms with Gasteiger partial charge in [-0.25, -0.2) is 0 Å². The van der Waals surface area contributed by atoms with E-state index in [1.165, 1.54) is 29.7 Å². The third kappa shape index (κ3) is 6.13. The van der Waals surface area contributed by atoms with Crippen molar-refractivity contribution in [3.63, 3.8) is 0 Å². The van der Waals surface area contributed by atoms with Gasteiger partial charge in [-0.2, -0.15) is 0 Å². The van der Waals surface area contributed by atoms with E-state index >= 15 is 0 Å². The molecule has 3 aromatic rings. The molecule has 5 rings (SSSR count). The van der Waals surface area contributed by atoms with E-state index < -0.39 is 5.97 Å². The maximum atomic E-state index is 11.1. The first-order chi connectivity index (χ1) is 18.8. The average Bonchev–Trinajstić information content (AvgIpc) is 3.19. The number of fused-ring (bicyclic) bond motifs is 2. The number of carboxylic acid groups (broad SMARTS) is 1. The molecule has 1 fully saturated rings. The summed E-state index contributed by atoms with van der Waals surface area (Å²) in [5.41, 5.74) is 7.98. The van der Waals surface area contributed by atoms with E-state index in [1.807, 2.05) is 24.3 Å². The van der Waals surface area contributed by atoms with E-state index in [9.17, 15) is 4.79 Å². The third-order valence-corrected chi connectivity index (χ3v) is 8.30. The van der Waals surface area contributed by atoms with Crippen molar-refractivity contribution in [2.75, 3.05) is 31.6 Å². The molecule has 0 radical (unpaired) electrons. The number of likely N-dealkylation sites (N-methyl/N-ethyl adjacent to an activating group) is 1. The number of hydrogen-bond donors (Lipinski definition) is 1. The Bertz CT molecular complexity index is 1360. The van der Waals surface area contributed by atoms with Gasteiger partial charge in [0.05, 0.1) is 12.3 Å². The number of likely N-dealkylation sites (tertiary alicyclic amines) is 1. The zero-order valence-electron chi connectivity index (χ0n) is 23.2. The quantitative estimate of drug-likeness (QED) is 0.360. The Morgan fingerprint density at radius 3 is 2.38 bits per heavy atom. The van der Waals surface area contributed by atoms with Gasteiger partial charge in [0.25, 0.3) is 0 Å². The van der Waals surface area contributed by atoms with Crippen LogP contribution in [-0.4, -0.2) is 42.7 Å². The van der Waals surface area contributed by atoms with E-state index in [-0.39, 0.29) is 12.3 Å². The first kappa shape index (κ1) is 26.8. The Kier molecular flexibility index (Phi) is 7.95. The van der Waals surface area contributed by atoms with E-state index in [1.54, 1.807) is 12.5 Å². The number of piperidine rings is 1. The predicted molar refractivity (Wildman–Crippen MR) is 156 cm³/mol. The van der Waals surface area contributed by atoms with Crippen LogP contribution in [0.15, 0.2) is 66.7 Å². The number of anilines is 1. The van der Waals surface area contributed by atoms with Crippen LogP contribution in [-0.2, 0) is 23.4 Å². The maximum absolute atomic E-state index is 11.1. The summed E-state index contributed by atoms with van der Waals surface area (Å²) in [6, 6.07) is 23.3. The van der Waals surface area contributed by atoms with Gasteiger partial charge in [0.1, 0.15) is 12.4 Å². The van der Waals surface area contributed by atoms with Gasteiger partial charge >= 0.3 is 5.97 Å². The van der Waals surface area contributed by atoms with Gasteiger partial charge in [0.15, 0.2) is 0 Å². The molecule has 0 amide bonds. The minimum atomic E-state index is -0.849. The minimum Gasteiger partial charge on any atom is -0.489 e. The Morgan fingerprint density at radius 1 is 1.03 bits per heavy atom. The van der Waals surface area contributed by atoms with E-state index in [2.05, 4.69) is 78.1 Å². The van der Waals surface area contributed by atoms with Gasteiger partial charge in [0, 0.05) is 31.2 Å². The topological polar surface area (TPSA) is 53.0 Å². The van der Waals surface area contributed by atoms with Crippen molar-refractivity contribution < 1.29 is 14.6 Å². The molecule has 2 aliphatic heterocycles. The molecule has 0 saturated carbocycles. The Hall–Kier alpha value is -3.75. The molecule has 1 N–H and O–H groups in total. The van der Waals surface area contributed by atoms with Crippen molar-refractivity contribution >= 4 is 11.7 Å². The van der Waals surface area contributed by atoms with Crippen molar-refractivity contribution in [3.05, 3.63) is 94.5 Å². The summed E-state index contributed by atoms with van der Waals surface area (Å²) in [7, 11) is 2.23. The summed E-state index contributed by atoms with van der Waals surface area (Å²) < 4.78 is 5.99. The normalized spacial score (nSPS) is 16.8. The zero-order valence-corrected chi connectivity index (χ0v) is 23.2. The van der Waals surface area contributed by atoms with Gasteiger partial charge in [-0.15, -0.1) is 5.92 Å². The molecule has 3 aromatic carbocycles. The molecular weight excluding hydrogens is 484 g/mol. The fourth-order valence-electron chi connectivity index (χ4n) is 6.16. The highest BCUT2D eigenvalue weighted by Crippen LogP contribution is 2.46. The second-order valence-electron chi connectivity index (χ2n) is 11.2. The Balaban J connectivity index is 1.12. The average molecular weight is 523 g/mol. The fourth-order valence-corrected chi connectivity index (χ4v) is 6.16. The SMILES string of the molecule is CC#C[C@@H](CC(=O)O)c1ccc(OCc2ccc(CN3CCC4(CC3)CN(C)c3ccc(C)cc34)cc2)cc1. The number of nitrogens with zero attached hydrogens (tertiary/aromatic N) is 2. The number of hydrogen-bond acceptors (Lipinski definition) is 4. The fraction of sp³-hybridized carbons (Fsp3) is 0.382. The molecule has 0 bridgehead atoms. The van der Waals surface area contributed by atoms with Crippen molar-refractivity contribution in [1.82, 2.24) is 4.90 Å². The third-order valence-electron chi connectivity index (χ3n) is 8.30. The highest BCUT2D eigenvalue weighted by atomic mass is 16.5. The molecule has 5 heteroatoms. The molecule has 0 aromatic heterocycles. The number of benzene rings is 3. The molecule has 1 atom stereocenters. The molecular formula is C34H38N2O3. The highest BCUT2D eigenvalue weighted by Gasteiger charge is 2.43. The standard InChI is InChI=1S/C34H38N2O3/c1-4-5-29(21-33(37)38)28-11-13-30(14-12-28)39-23-27-9-7-26(8-10-27)22-36-18-16-34(17-19-36)24-35(3)32-15-6-25(2)20-31(32)34/h6-15,20,29H,16-19,21-24H2,1-3H3,(H,37,38)/t29-/m0/s1. The van der Waals surface area contributed by atoms with Crippen molar-refractivity contribution in [2.45, 2.75) is 57.6 Å². The lowest BCUT2D eigenvalue weighted by Crippen LogP contribution is -2.44. The van der Waals surface area contributed by atoms with Gasteiger partial charge in [-0.1, -0.05) is 60.0 Å². The van der Waals surface area contributed by atoms with Gasteiger partial charge in [-0.3, -0.25) is 9.69 Å². The van der Waals surface area contributed by atoms with E-state index in [4.69, 9.17) is 9.84 Å². The zero-order chi connectivity index (χ0) is 27.4. The lowest BCUT2D eigenvalue weighted by molar-refractivity contribution is -0.137. The number of ether oxygens (including phenoxy) is 1. The molecule has 0 unspecified atom stereocenters. The van der Waals surface area contributed by atoms with Gasteiger partial charge in [0.2, 0.25) is 0 Å². The minimum absolute atomic E-state index is 0.00328. The number of rotatable bonds is 8. The summed E-state index contributed by atoms with van der Waals surface area (Å²) in [5.74, 6) is 5.42. The number of carbonyl (C=O) groups is 1. The lowest BCUT2D eigenvalue weighted by Gasteiger charge is -2.40. The molecule has 202 valence electrons. The molecule has 1 spiro atoms. The Labute approximate surface area is 232 Å². The number of carboxylic acids is 1. The Morgan fingerprint density at radius 2 is 1.72 bits per heavy atom.